The second-order valence-electron chi connectivity index (χ2n) is 7.07. The van der Waals surface area contributed by atoms with E-state index >= 15 is 0 Å². The Morgan fingerprint density at radius 2 is 1.87 bits per heavy atom. The summed E-state index contributed by atoms with van der Waals surface area (Å²) in [5.41, 5.74) is 1.49. The number of carbonyl (C=O) groups excluding carboxylic acids is 1. The molecule has 0 aliphatic carbocycles. The van der Waals surface area contributed by atoms with Gasteiger partial charge in [0.2, 0.25) is 0 Å². The lowest BCUT2D eigenvalue weighted by molar-refractivity contribution is -0.173. The third kappa shape index (κ3) is 4.28. The van der Waals surface area contributed by atoms with Crippen molar-refractivity contribution < 1.29 is 18.0 Å². The van der Waals surface area contributed by atoms with Crippen molar-refractivity contribution in [2.45, 2.75) is 31.2 Å². The topological polar surface area (TPSA) is 59.0 Å². The highest BCUT2D eigenvalue weighted by molar-refractivity contribution is 6.30. The molecule has 1 aliphatic rings. The van der Waals surface area contributed by atoms with Crippen molar-refractivity contribution in [1.82, 2.24) is 15.1 Å². The summed E-state index contributed by atoms with van der Waals surface area (Å²) >= 11 is 5.89. The highest BCUT2D eigenvalue weighted by atomic mass is 35.5. The molecule has 1 aliphatic heterocycles. The van der Waals surface area contributed by atoms with Crippen LogP contribution in [0.2, 0.25) is 5.02 Å². The number of hydrogen-bond donors (Lipinski definition) is 2. The van der Waals surface area contributed by atoms with Crippen LogP contribution in [0.3, 0.4) is 0 Å². The minimum Gasteiger partial charge on any atom is -0.363 e. The number of carbonyl (C=O) groups is 1. The van der Waals surface area contributed by atoms with Crippen LogP contribution in [0.4, 0.5) is 19.0 Å². The summed E-state index contributed by atoms with van der Waals surface area (Å²) in [6.45, 7) is 0.255. The van der Waals surface area contributed by atoms with Crippen LogP contribution in [0, 0.1) is 0 Å². The Labute approximate surface area is 175 Å². The number of hydrogen-bond acceptors (Lipinski definition) is 3. The van der Waals surface area contributed by atoms with E-state index in [1.807, 2.05) is 30.3 Å². The Kier molecular flexibility index (Phi) is 5.42. The molecular weight excluding hydrogens is 417 g/mol. The maximum atomic E-state index is 13.7. The highest BCUT2D eigenvalue weighted by Crippen LogP contribution is 2.43. The number of amides is 1. The summed E-state index contributed by atoms with van der Waals surface area (Å²) in [4.78, 5) is 12.5. The van der Waals surface area contributed by atoms with Crippen molar-refractivity contribution in [2.24, 2.45) is 0 Å². The summed E-state index contributed by atoms with van der Waals surface area (Å²) in [6.07, 6.45) is -4.75. The van der Waals surface area contributed by atoms with Crippen molar-refractivity contribution in [3.05, 3.63) is 82.5 Å². The molecule has 2 atom stereocenters. The maximum Gasteiger partial charge on any atom is 0.410 e. The fraction of sp³-hybridized carbons (Fsp3) is 0.238. The predicted molar refractivity (Wildman–Crippen MR) is 107 cm³/mol. The smallest absolute Gasteiger partial charge is 0.363 e. The van der Waals surface area contributed by atoms with Gasteiger partial charge in [-0.05, 0) is 23.3 Å². The van der Waals surface area contributed by atoms with E-state index in [0.717, 1.165) is 10.2 Å². The second-order valence-corrected chi connectivity index (χ2v) is 7.51. The van der Waals surface area contributed by atoms with E-state index in [1.54, 1.807) is 24.3 Å². The van der Waals surface area contributed by atoms with Crippen LogP contribution in [0.5, 0.6) is 0 Å². The molecule has 2 aromatic carbocycles. The largest absolute Gasteiger partial charge is 0.410 e. The Bertz CT molecular complexity index is 1030. The van der Waals surface area contributed by atoms with Crippen LogP contribution in [0.15, 0.2) is 60.7 Å². The van der Waals surface area contributed by atoms with Crippen LogP contribution in [0.1, 0.15) is 40.1 Å². The predicted octanol–water partition coefficient (Wildman–Crippen LogP) is 5.13. The molecule has 2 heterocycles. The lowest BCUT2D eigenvalue weighted by atomic mass is 9.97. The zero-order valence-corrected chi connectivity index (χ0v) is 16.4. The Balaban J connectivity index is 1.58. The molecule has 0 saturated heterocycles. The molecule has 3 aromatic rings. The van der Waals surface area contributed by atoms with Gasteiger partial charge in [0.05, 0.1) is 6.04 Å². The average molecular weight is 435 g/mol. The van der Waals surface area contributed by atoms with Crippen LogP contribution < -0.4 is 10.6 Å². The lowest BCUT2D eigenvalue weighted by Gasteiger charge is -2.33. The van der Waals surface area contributed by atoms with Crippen LogP contribution >= 0.6 is 11.6 Å². The normalized spacial score (nSPS) is 18.4. The molecule has 0 bridgehead atoms. The van der Waals surface area contributed by atoms with Gasteiger partial charge in [0.25, 0.3) is 5.91 Å². The van der Waals surface area contributed by atoms with E-state index in [1.165, 1.54) is 6.07 Å². The zero-order chi connectivity index (χ0) is 21.3. The van der Waals surface area contributed by atoms with Crippen molar-refractivity contribution >= 4 is 23.3 Å². The number of fused-ring (bicyclic) bond motifs is 1. The van der Waals surface area contributed by atoms with Crippen LogP contribution in [-0.4, -0.2) is 21.9 Å². The minimum absolute atomic E-state index is 0.0700. The number of rotatable bonds is 4. The molecule has 4 rings (SSSR count). The second kappa shape index (κ2) is 8.02. The number of aromatic nitrogens is 2. The zero-order valence-electron chi connectivity index (χ0n) is 15.7. The number of nitrogens with zero attached hydrogens (tertiary/aromatic N) is 2. The van der Waals surface area contributed by atoms with E-state index in [-0.39, 0.29) is 24.5 Å². The van der Waals surface area contributed by atoms with E-state index < -0.39 is 24.2 Å². The van der Waals surface area contributed by atoms with Crippen molar-refractivity contribution in [1.29, 1.82) is 0 Å². The fourth-order valence-corrected chi connectivity index (χ4v) is 3.59. The van der Waals surface area contributed by atoms with Gasteiger partial charge in [-0.15, -0.1) is 0 Å². The molecular formula is C21H18ClF3N4O. The number of halogens is 4. The molecule has 0 spiro atoms. The van der Waals surface area contributed by atoms with E-state index in [0.29, 0.717) is 10.6 Å². The van der Waals surface area contributed by atoms with Gasteiger partial charge in [0.1, 0.15) is 5.82 Å². The molecule has 1 aromatic heterocycles. The van der Waals surface area contributed by atoms with E-state index in [9.17, 15) is 18.0 Å². The van der Waals surface area contributed by atoms with Crippen molar-refractivity contribution in [3.8, 4) is 0 Å². The fourth-order valence-electron chi connectivity index (χ4n) is 3.47. The van der Waals surface area contributed by atoms with Gasteiger partial charge in [-0.1, -0.05) is 54.1 Å². The molecule has 30 heavy (non-hydrogen) atoms. The Morgan fingerprint density at radius 1 is 1.17 bits per heavy atom. The lowest BCUT2D eigenvalue weighted by Crippen LogP contribution is -2.35. The quantitative estimate of drug-likeness (QED) is 0.598. The average Bonchev–Trinajstić information content (AvgIpc) is 3.16. The third-order valence-corrected chi connectivity index (χ3v) is 5.24. The van der Waals surface area contributed by atoms with E-state index in [2.05, 4.69) is 15.7 Å². The number of alkyl halides is 3. The molecule has 9 heteroatoms. The van der Waals surface area contributed by atoms with Gasteiger partial charge in [-0.3, -0.25) is 4.79 Å². The van der Waals surface area contributed by atoms with Gasteiger partial charge in [0.15, 0.2) is 11.7 Å². The first-order valence-corrected chi connectivity index (χ1v) is 9.69. The maximum absolute atomic E-state index is 13.7. The van der Waals surface area contributed by atoms with Gasteiger partial charge in [0, 0.05) is 24.1 Å². The number of nitrogens with one attached hydrogen (secondary N) is 2. The summed E-state index contributed by atoms with van der Waals surface area (Å²) in [7, 11) is 0. The number of anilines is 1. The van der Waals surface area contributed by atoms with Gasteiger partial charge >= 0.3 is 6.18 Å². The molecule has 1 amide bonds. The monoisotopic (exact) mass is 434 g/mol. The van der Waals surface area contributed by atoms with Gasteiger partial charge in [-0.2, -0.15) is 18.3 Å². The first kappa shape index (κ1) is 20.3. The van der Waals surface area contributed by atoms with Crippen molar-refractivity contribution in [3.63, 3.8) is 0 Å². The standard InChI is InChI=1S/C21H18ClF3N4O/c22-15-8-6-14(7-9-15)16-10-18(21(23,24)25)29-19(27-16)11-17(28-29)20(30)26-12-13-4-2-1-3-5-13/h1-9,11,16,18,27H,10,12H2,(H,26,30)/t16-,18-/m0/s1. The third-order valence-electron chi connectivity index (χ3n) is 4.99. The Hall–Kier alpha value is -3.00. The van der Waals surface area contributed by atoms with Crippen LogP contribution in [0.25, 0.3) is 0 Å². The molecule has 2 N–H and O–H groups in total. The first-order chi connectivity index (χ1) is 14.3. The molecule has 156 valence electrons. The summed E-state index contributed by atoms with van der Waals surface area (Å²) in [5, 5.41) is 10.2. The van der Waals surface area contributed by atoms with E-state index in [4.69, 9.17) is 11.6 Å². The summed E-state index contributed by atoms with van der Waals surface area (Å²) in [5.74, 6) is -0.389. The number of benzene rings is 2. The molecule has 0 unspecified atom stereocenters. The Morgan fingerprint density at radius 3 is 2.53 bits per heavy atom. The summed E-state index contributed by atoms with van der Waals surface area (Å²) < 4.78 is 42.1. The summed E-state index contributed by atoms with van der Waals surface area (Å²) in [6, 6.07) is 14.8. The molecule has 5 nitrogen and oxygen atoms in total. The first-order valence-electron chi connectivity index (χ1n) is 9.31. The van der Waals surface area contributed by atoms with Crippen LogP contribution in [-0.2, 0) is 6.54 Å². The molecule has 0 radical (unpaired) electrons. The van der Waals surface area contributed by atoms with Gasteiger partial charge < -0.3 is 10.6 Å². The van der Waals surface area contributed by atoms with Gasteiger partial charge in [-0.25, -0.2) is 4.68 Å². The SMILES string of the molecule is O=C(NCc1ccccc1)c1cc2n(n1)[C@H](C(F)(F)F)C[C@@H](c1ccc(Cl)cc1)N2. The minimum atomic E-state index is -4.51. The molecule has 0 saturated carbocycles. The highest BCUT2D eigenvalue weighted by Gasteiger charge is 2.46. The molecule has 0 fully saturated rings. The van der Waals surface area contributed by atoms with Crippen molar-refractivity contribution in [2.75, 3.05) is 5.32 Å².